The molecule has 0 amide bonds. The molecule has 1 aromatic carbocycles. The minimum atomic E-state index is -0.968. The van der Waals surface area contributed by atoms with Gasteiger partial charge in [0, 0.05) is 16.6 Å². The van der Waals surface area contributed by atoms with Crippen LogP contribution in [-0.4, -0.2) is 53.6 Å². The molecule has 0 unspecified atom stereocenters. The first-order valence-electron chi connectivity index (χ1n) is 10.3. The number of carboxylic acid groups (broad SMARTS) is 2. The van der Waals surface area contributed by atoms with Gasteiger partial charge in [0.25, 0.3) is 0 Å². The van der Waals surface area contributed by atoms with Crippen LogP contribution in [0.1, 0.15) is 61.7 Å². The molecule has 2 rings (SSSR count). The molecule has 9 nitrogen and oxygen atoms in total. The molecule has 1 saturated carbocycles. The van der Waals surface area contributed by atoms with E-state index in [1.165, 1.54) is 38.2 Å². The number of carbonyl (C=O) groups is 3. The second-order valence-electron chi connectivity index (χ2n) is 7.01. The Labute approximate surface area is 199 Å². The number of rotatable bonds is 7. The molecule has 0 spiro atoms. The molecule has 0 aromatic heterocycles. The molecule has 0 aliphatic heterocycles. The summed E-state index contributed by atoms with van der Waals surface area (Å²) in [6, 6.07) is 4.56. The van der Waals surface area contributed by atoms with Crippen LogP contribution in [0, 0.1) is 0 Å². The molecular formula is C21H36Cl2N4O5. The molecule has 0 radical (unpaired) electrons. The first-order valence-corrected chi connectivity index (χ1v) is 11.1. The number of carboxylic acids is 2. The lowest BCUT2D eigenvalue weighted by molar-refractivity contribution is -0.138. The Hall–Kier alpha value is -1.75. The Kier molecular flexibility index (Phi) is 21.4. The van der Waals surface area contributed by atoms with Crippen LogP contribution in [0.15, 0.2) is 18.2 Å². The fourth-order valence-electron chi connectivity index (χ4n) is 2.36. The summed E-state index contributed by atoms with van der Waals surface area (Å²) in [5.74, 6) is -1.90. The monoisotopic (exact) mass is 494 g/mol. The molecule has 1 aromatic rings. The molecular weight excluding hydrogens is 459 g/mol. The maximum Gasteiger partial charge on any atom is 0.320 e. The van der Waals surface area contributed by atoms with Crippen molar-refractivity contribution in [3.05, 3.63) is 33.8 Å². The van der Waals surface area contributed by atoms with Gasteiger partial charge in [-0.3, -0.25) is 14.4 Å². The van der Waals surface area contributed by atoms with E-state index < -0.39 is 18.0 Å². The van der Waals surface area contributed by atoms with Gasteiger partial charge in [0.15, 0.2) is 6.29 Å². The van der Waals surface area contributed by atoms with Gasteiger partial charge in [0.05, 0.1) is 11.6 Å². The van der Waals surface area contributed by atoms with Crippen LogP contribution in [0.25, 0.3) is 0 Å². The predicted octanol–water partition coefficient (Wildman–Crippen LogP) is 2.64. The van der Waals surface area contributed by atoms with Gasteiger partial charge in [0.1, 0.15) is 6.04 Å². The number of nitrogens with two attached hydrogens (primary N) is 4. The van der Waals surface area contributed by atoms with Crippen LogP contribution < -0.4 is 22.9 Å². The minimum Gasteiger partial charge on any atom is -0.480 e. The fraction of sp³-hybridized carbons (Fsp3) is 0.571. The average molecular weight is 495 g/mol. The Morgan fingerprint density at radius 1 is 1.09 bits per heavy atom. The summed E-state index contributed by atoms with van der Waals surface area (Å²) >= 11 is 11.2. The molecule has 11 heteroatoms. The summed E-state index contributed by atoms with van der Waals surface area (Å²) in [6.07, 6.45) is 9.52. The first-order chi connectivity index (χ1) is 15.1. The van der Waals surface area contributed by atoms with E-state index in [9.17, 15) is 14.4 Å². The summed E-state index contributed by atoms with van der Waals surface area (Å²) in [4.78, 5) is 29.6. The molecule has 1 aliphatic rings. The van der Waals surface area contributed by atoms with E-state index in [0.29, 0.717) is 40.9 Å². The maximum atomic E-state index is 10.2. The van der Waals surface area contributed by atoms with Gasteiger partial charge in [-0.15, -0.1) is 0 Å². The predicted molar refractivity (Wildman–Crippen MR) is 128 cm³/mol. The van der Waals surface area contributed by atoms with Crippen LogP contribution in [0.3, 0.4) is 0 Å². The molecule has 1 aliphatic carbocycles. The zero-order chi connectivity index (χ0) is 24.9. The highest BCUT2D eigenvalue weighted by Crippen LogP contribution is 2.19. The highest BCUT2D eigenvalue weighted by Gasteiger charge is 2.09. The number of hydrogen-bond acceptors (Lipinski definition) is 7. The van der Waals surface area contributed by atoms with Gasteiger partial charge in [-0.2, -0.15) is 0 Å². The van der Waals surface area contributed by atoms with Crippen LogP contribution in [0.4, 0.5) is 0 Å². The zero-order valence-corrected chi connectivity index (χ0v) is 19.7. The van der Waals surface area contributed by atoms with Gasteiger partial charge in [-0.05, 0) is 50.4 Å². The SMILES string of the molecule is NC1CCCCC1.NCC(=O)O.NCCCC[C@@H](N)C(=O)O.O=Cc1ccc(Cl)cc1Cl. The van der Waals surface area contributed by atoms with Crippen molar-refractivity contribution in [1.29, 1.82) is 0 Å². The van der Waals surface area contributed by atoms with Crippen molar-refractivity contribution in [2.75, 3.05) is 13.1 Å². The standard InChI is InChI=1S/C7H4Cl2O.C6H14N2O2.C6H13N.C2H5NO2/c8-6-2-1-5(4-10)7(9)3-6;7-4-2-1-3-5(8)6(9)10;7-6-4-2-1-3-5-6;3-1-2(4)5/h1-4H;5H,1-4,7-8H2,(H,9,10);6H,1-5,7H2;1,3H2,(H,4,5)/t;5-;;/m.1../s1. The smallest absolute Gasteiger partial charge is 0.320 e. The quantitative estimate of drug-likeness (QED) is 0.243. The van der Waals surface area contributed by atoms with Gasteiger partial charge in [-0.1, -0.05) is 48.9 Å². The largest absolute Gasteiger partial charge is 0.480 e. The number of hydrogen-bond donors (Lipinski definition) is 6. The van der Waals surface area contributed by atoms with Crippen molar-refractivity contribution in [2.45, 2.75) is 63.5 Å². The third-order valence-electron chi connectivity index (χ3n) is 4.20. The van der Waals surface area contributed by atoms with Crippen molar-refractivity contribution < 1.29 is 24.6 Å². The van der Waals surface area contributed by atoms with Gasteiger partial charge in [0.2, 0.25) is 0 Å². The van der Waals surface area contributed by atoms with Gasteiger partial charge < -0.3 is 33.1 Å². The number of aldehydes is 1. The topological polar surface area (TPSA) is 196 Å². The maximum absolute atomic E-state index is 10.2. The highest BCUT2D eigenvalue weighted by atomic mass is 35.5. The van der Waals surface area contributed by atoms with Crippen molar-refractivity contribution in [3.8, 4) is 0 Å². The summed E-state index contributed by atoms with van der Waals surface area (Å²) in [7, 11) is 0. The number of halogens is 2. The molecule has 10 N–H and O–H groups in total. The second-order valence-corrected chi connectivity index (χ2v) is 7.85. The molecule has 1 fully saturated rings. The Morgan fingerprint density at radius 3 is 2.00 bits per heavy atom. The Morgan fingerprint density at radius 2 is 1.66 bits per heavy atom. The van der Waals surface area contributed by atoms with Crippen molar-refractivity contribution in [2.24, 2.45) is 22.9 Å². The summed E-state index contributed by atoms with van der Waals surface area (Å²) < 4.78 is 0. The lowest BCUT2D eigenvalue weighted by atomic mass is 9.97. The molecule has 32 heavy (non-hydrogen) atoms. The molecule has 0 heterocycles. The minimum absolute atomic E-state index is 0.278. The van der Waals surface area contributed by atoms with Crippen LogP contribution >= 0.6 is 23.2 Å². The third-order valence-corrected chi connectivity index (χ3v) is 4.76. The first kappa shape index (κ1) is 32.4. The van der Waals surface area contributed by atoms with E-state index in [1.54, 1.807) is 12.1 Å². The molecule has 184 valence electrons. The lowest BCUT2D eigenvalue weighted by Gasteiger charge is -2.15. The number of unbranched alkanes of at least 4 members (excludes halogenated alkanes) is 1. The number of carbonyl (C=O) groups excluding carboxylic acids is 1. The normalized spacial score (nSPS) is 13.7. The lowest BCUT2D eigenvalue weighted by Crippen LogP contribution is -2.29. The van der Waals surface area contributed by atoms with E-state index in [1.807, 2.05) is 0 Å². The number of aliphatic carboxylic acids is 2. The van der Waals surface area contributed by atoms with E-state index in [2.05, 4.69) is 5.73 Å². The van der Waals surface area contributed by atoms with E-state index in [-0.39, 0.29) is 6.54 Å². The van der Waals surface area contributed by atoms with Gasteiger partial charge in [-0.25, -0.2) is 0 Å². The second kappa shape index (κ2) is 21.1. The van der Waals surface area contributed by atoms with E-state index >= 15 is 0 Å². The molecule has 0 bridgehead atoms. The summed E-state index contributed by atoms with van der Waals surface area (Å²) in [5.41, 5.74) is 21.1. The van der Waals surface area contributed by atoms with Crippen molar-refractivity contribution in [1.82, 2.24) is 0 Å². The van der Waals surface area contributed by atoms with Crippen molar-refractivity contribution in [3.63, 3.8) is 0 Å². The van der Waals surface area contributed by atoms with Crippen LogP contribution in [0.5, 0.6) is 0 Å². The third kappa shape index (κ3) is 20.2. The van der Waals surface area contributed by atoms with Gasteiger partial charge >= 0.3 is 11.9 Å². The molecule has 0 saturated heterocycles. The van der Waals surface area contributed by atoms with Crippen LogP contribution in [-0.2, 0) is 9.59 Å². The average Bonchev–Trinajstić information content (AvgIpc) is 2.75. The Bertz CT molecular complexity index is 659. The fourth-order valence-corrected chi connectivity index (χ4v) is 2.82. The summed E-state index contributed by atoms with van der Waals surface area (Å²) in [5, 5.41) is 16.9. The highest BCUT2D eigenvalue weighted by molar-refractivity contribution is 6.36. The van der Waals surface area contributed by atoms with E-state index in [4.69, 9.17) is 50.6 Å². The summed E-state index contributed by atoms with van der Waals surface area (Å²) in [6.45, 7) is 0.326. The van der Waals surface area contributed by atoms with E-state index in [0.717, 1.165) is 12.8 Å². The van der Waals surface area contributed by atoms with Crippen LogP contribution in [0.2, 0.25) is 10.0 Å². The zero-order valence-electron chi connectivity index (χ0n) is 18.2. The molecule has 1 atom stereocenters. The Balaban J connectivity index is 0. The van der Waals surface area contributed by atoms with Crippen molar-refractivity contribution >= 4 is 41.4 Å². The number of benzene rings is 1.